The Hall–Kier alpha value is -2.41. The minimum Gasteiger partial charge on any atom is -0.381 e. The van der Waals surface area contributed by atoms with E-state index in [0.717, 1.165) is 25.1 Å². The Morgan fingerprint density at radius 3 is 2.79 bits per heavy atom. The van der Waals surface area contributed by atoms with Gasteiger partial charge in [0.25, 0.3) is 5.91 Å². The minimum atomic E-state index is -0.388. The molecule has 0 spiro atoms. The molecule has 126 valence electrons. The minimum absolute atomic E-state index is 0.218. The molecule has 0 saturated carbocycles. The average Bonchev–Trinajstić information content (AvgIpc) is 3.03. The van der Waals surface area contributed by atoms with Gasteiger partial charge in [0, 0.05) is 13.2 Å². The summed E-state index contributed by atoms with van der Waals surface area (Å²) in [6, 6.07) is 3.32. The van der Waals surface area contributed by atoms with Crippen molar-refractivity contribution in [3.05, 3.63) is 42.1 Å². The number of carbonyl (C=O) groups excluding carboxylic acids is 1. The van der Waals surface area contributed by atoms with Crippen LogP contribution in [0.1, 0.15) is 42.4 Å². The Bertz CT molecular complexity index is 649. The van der Waals surface area contributed by atoms with Crippen LogP contribution in [0, 0.1) is 19.9 Å². The normalized spacial score (nSPS) is 13.4. The summed E-state index contributed by atoms with van der Waals surface area (Å²) in [4.78, 5) is 12.0. The number of ether oxygens (including phenoxy) is 1. The SMILES string of the molecule is [CH]=C(CCCOCCC)C1=NN=C(NC(=O)c2ccc(C)nn2)[CH]1. The third-order valence-electron chi connectivity index (χ3n) is 3.22. The monoisotopic (exact) mass is 327 g/mol. The van der Waals surface area contributed by atoms with Crippen LogP contribution in [0.25, 0.3) is 0 Å². The molecular formula is C17H21N5O2. The molecule has 1 aliphatic rings. The Labute approximate surface area is 141 Å². The van der Waals surface area contributed by atoms with Crippen LogP contribution in [0.3, 0.4) is 0 Å². The number of amidine groups is 1. The van der Waals surface area contributed by atoms with Gasteiger partial charge in [-0.25, -0.2) is 0 Å². The number of hydrogen-bond acceptors (Lipinski definition) is 6. The van der Waals surface area contributed by atoms with Gasteiger partial charge in [0.05, 0.1) is 17.8 Å². The molecule has 2 radical (unpaired) electrons. The molecular weight excluding hydrogens is 306 g/mol. The summed E-state index contributed by atoms with van der Waals surface area (Å²) in [6.07, 6.45) is 4.13. The first-order valence-electron chi connectivity index (χ1n) is 7.91. The maximum Gasteiger partial charge on any atom is 0.277 e. The van der Waals surface area contributed by atoms with Crippen LogP contribution in [-0.2, 0) is 4.74 Å². The molecule has 2 heterocycles. The van der Waals surface area contributed by atoms with Crippen LogP contribution in [-0.4, -0.2) is 40.9 Å². The van der Waals surface area contributed by atoms with E-state index in [-0.39, 0.29) is 11.6 Å². The first-order chi connectivity index (χ1) is 11.6. The van der Waals surface area contributed by atoms with Gasteiger partial charge >= 0.3 is 0 Å². The summed E-state index contributed by atoms with van der Waals surface area (Å²) in [5.41, 5.74) is 2.15. The van der Waals surface area contributed by atoms with Gasteiger partial charge < -0.3 is 10.1 Å². The fourth-order valence-electron chi connectivity index (χ4n) is 1.95. The lowest BCUT2D eigenvalue weighted by atomic mass is 10.0. The maximum absolute atomic E-state index is 12.0. The summed E-state index contributed by atoms with van der Waals surface area (Å²) >= 11 is 0. The Morgan fingerprint density at radius 1 is 1.25 bits per heavy atom. The van der Waals surface area contributed by atoms with E-state index in [1.807, 2.05) is 0 Å². The predicted molar refractivity (Wildman–Crippen MR) is 91.6 cm³/mol. The lowest BCUT2D eigenvalue weighted by Gasteiger charge is -2.06. The van der Waals surface area contributed by atoms with E-state index in [1.54, 1.807) is 25.5 Å². The van der Waals surface area contributed by atoms with Crippen LogP contribution in [0.4, 0.5) is 0 Å². The number of allylic oxidation sites excluding steroid dienone is 1. The average molecular weight is 327 g/mol. The fourth-order valence-corrected chi connectivity index (χ4v) is 1.95. The second-order valence-electron chi connectivity index (χ2n) is 5.37. The second kappa shape index (κ2) is 9.02. The zero-order chi connectivity index (χ0) is 17.4. The molecule has 0 fully saturated rings. The van der Waals surface area contributed by atoms with Crippen molar-refractivity contribution in [2.75, 3.05) is 13.2 Å². The van der Waals surface area contributed by atoms with Gasteiger partial charge in [-0.3, -0.25) is 4.79 Å². The molecule has 0 unspecified atom stereocenters. The lowest BCUT2D eigenvalue weighted by Crippen LogP contribution is -2.31. The summed E-state index contributed by atoms with van der Waals surface area (Å²) in [6.45, 7) is 11.3. The fraction of sp³-hybridized carbons (Fsp3) is 0.412. The van der Waals surface area contributed by atoms with Crippen molar-refractivity contribution in [2.45, 2.75) is 33.1 Å². The third kappa shape index (κ3) is 5.34. The number of carbonyl (C=O) groups is 1. The number of hydrogen-bond donors (Lipinski definition) is 1. The van der Waals surface area contributed by atoms with E-state index < -0.39 is 0 Å². The molecule has 0 aliphatic carbocycles. The van der Waals surface area contributed by atoms with Crippen LogP contribution in [0.5, 0.6) is 0 Å². The topological polar surface area (TPSA) is 88.8 Å². The number of nitrogens with zero attached hydrogens (tertiary/aromatic N) is 4. The summed E-state index contributed by atoms with van der Waals surface area (Å²) in [7, 11) is 0. The Morgan fingerprint density at radius 2 is 2.08 bits per heavy atom. The summed E-state index contributed by atoms with van der Waals surface area (Å²) in [5.74, 6) is -0.0527. The zero-order valence-corrected chi connectivity index (χ0v) is 14.0. The highest BCUT2D eigenvalue weighted by Gasteiger charge is 2.19. The molecule has 1 aromatic heterocycles. The van der Waals surface area contributed by atoms with Gasteiger partial charge in [0.15, 0.2) is 5.69 Å². The Kier molecular flexibility index (Phi) is 6.74. The molecule has 1 N–H and O–H groups in total. The van der Waals surface area contributed by atoms with Crippen LogP contribution >= 0.6 is 0 Å². The molecule has 0 atom stereocenters. The van der Waals surface area contributed by atoms with Crippen molar-refractivity contribution in [1.82, 2.24) is 15.5 Å². The van der Waals surface area contributed by atoms with Crippen molar-refractivity contribution in [3.8, 4) is 0 Å². The number of aryl methyl sites for hydroxylation is 1. The van der Waals surface area contributed by atoms with E-state index >= 15 is 0 Å². The molecule has 1 aromatic rings. The highest BCUT2D eigenvalue weighted by atomic mass is 16.5. The molecule has 0 bridgehead atoms. The molecule has 7 nitrogen and oxygen atoms in total. The van der Waals surface area contributed by atoms with E-state index in [2.05, 4.69) is 32.6 Å². The summed E-state index contributed by atoms with van der Waals surface area (Å²) in [5, 5.41) is 18.2. The second-order valence-corrected chi connectivity index (χ2v) is 5.37. The quantitative estimate of drug-likeness (QED) is 0.740. The third-order valence-corrected chi connectivity index (χ3v) is 3.22. The highest BCUT2D eigenvalue weighted by Crippen LogP contribution is 2.12. The summed E-state index contributed by atoms with van der Waals surface area (Å²) < 4.78 is 5.41. The molecule has 2 rings (SSSR count). The Balaban J connectivity index is 1.74. The van der Waals surface area contributed by atoms with Gasteiger partial charge in [0.1, 0.15) is 5.84 Å². The number of aromatic nitrogens is 2. The van der Waals surface area contributed by atoms with E-state index in [4.69, 9.17) is 11.3 Å². The van der Waals surface area contributed by atoms with Crippen molar-refractivity contribution < 1.29 is 9.53 Å². The van der Waals surface area contributed by atoms with Crippen molar-refractivity contribution in [1.29, 1.82) is 0 Å². The first kappa shape index (κ1) is 17.9. The van der Waals surface area contributed by atoms with Gasteiger partial charge in [0.2, 0.25) is 0 Å². The van der Waals surface area contributed by atoms with E-state index in [0.29, 0.717) is 30.1 Å². The van der Waals surface area contributed by atoms with Gasteiger partial charge in [-0.15, -0.1) is 10.2 Å². The van der Waals surface area contributed by atoms with Crippen LogP contribution < -0.4 is 5.32 Å². The number of amides is 1. The zero-order valence-electron chi connectivity index (χ0n) is 14.0. The van der Waals surface area contributed by atoms with Gasteiger partial charge in [-0.05, 0) is 43.9 Å². The van der Waals surface area contributed by atoms with Gasteiger partial charge in [-0.2, -0.15) is 10.2 Å². The van der Waals surface area contributed by atoms with E-state index in [1.165, 1.54) is 0 Å². The highest BCUT2D eigenvalue weighted by molar-refractivity contribution is 6.26. The number of rotatable bonds is 8. The molecule has 24 heavy (non-hydrogen) atoms. The largest absolute Gasteiger partial charge is 0.381 e. The van der Waals surface area contributed by atoms with Gasteiger partial charge in [-0.1, -0.05) is 13.5 Å². The predicted octanol–water partition coefficient (Wildman–Crippen LogP) is 2.05. The lowest BCUT2D eigenvalue weighted by molar-refractivity contribution is 0.0971. The van der Waals surface area contributed by atoms with Crippen molar-refractivity contribution in [3.63, 3.8) is 0 Å². The number of nitrogens with one attached hydrogen (secondary N) is 1. The molecule has 7 heteroatoms. The molecule has 1 amide bonds. The van der Waals surface area contributed by atoms with Crippen LogP contribution in [0.2, 0.25) is 0 Å². The van der Waals surface area contributed by atoms with Crippen molar-refractivity contribution in [2.24, 2.45) is 10.2 Å². The molecule has 1 aliphatic heterocycles. The van der Waals surface area contributed by atoms with Crippen molar-refractivity contribution >= 4 is 17.5 Å². The van der Waals surface area contributed by atoms with Crippen LogP contribution in [0.15, 0.2) is 27.9 Å². The first-order valence-corrected chi connectivity index (χ1v) is 7.91. The maximum atomic E-state index is 12.0. The smallest absolute Gasteiger partial charge is 0.277 e. The molecule has 0 aromatic carbocycles. The van der Waals surface area contributed by atoms with E-state index in [9.17, 15) is 4.79 Å². The standard InChI is InChI=1S/C17H21N5O2/c1-4-9-24-10-5-6-12(2)15-11-16(22-21-15)18-17(23)14-8-7-13(3)19-20-14/h2,7-8,11H,4-6,9-10H2,1,3H3,(H,18,22,23). The molecule has 0 saturated heterocycles.